The van der Waals surface area contributed by atoms with Gasteiger partial charge in [-0.1, -0.05) is 52.5 Å². The molecule has 0 aliphatic rings. The van der Waals surface area contributed by atoms with Crippen molar-refractivity contribution < 1.29 is 5.11 Å². The molecule has 0 saturated heterocycles. The van der Waals surface area contributed by atoms with Crippen molar-refractivity contribution in [2.24, 2.45) is 0 Å². The van der Waals surface area contributed by atoms with Crippen LogP contribution in [0.1, 0.15) is 41.5 Å². The molecule has 0 aliphatic carbocycles. The van der Waals surface area contributed by atoms with Gasteiger partial charge in [-0.15, -0.1) is 0 Å². The van der Waals surface area contributed by atoms with Gasteiger partial charge in [-0.3, -0.25) is 0 Å². The van der Waals surface area contributed by atoms with Crippen molar-refractivity contribution in [1.82, 2.24) is 0 Å². The van der Waals surface area contributed by atoms with Crippen LogP contribution in [0.3, 0.4) is 0 Å². The van der Waals surface area contributed by atoms with Crippen LogP contribution in [0.5, 0.6) is 0 Å². The molecular formula is C13H26O. The lowest BCUT2D eigenvalue weighted by Gasteiger charge is -2.00. The molecule has 0 aromatic rings. The standard InChI is InChI=1S/C9H14O.2C2H6/c1-4-6-9(7-10)8(3)5-2;2*1-2/h4-6,10H,1,7H2,2-3H3;2*1-2H3/b8-5-,9-6-;;. The number of hydrogen-bond donors (Lipinski definition) is 1. The van der Waals surface area contributed by atoms with E-state index in [1.54, 1.807) is 6.08 Å². The molecule has 14 heavy (non-hydrogen) atoms. The van der Waals surface area contributed by atoms with Crippen molar-refractivity contribution in [1.29, 1.82) is 0 Å². The predicted octanol–water partition coefficient (Wildman–Crippen LogP) is 4.11. The second-order valence-corrected chi connectivity index (χ2v) is 2.06. The molecule has 0 unspecified atom stereocenters. The summed E-state index contributed by atoms with van der Waals surface area (Å²) in [4.78, 5) is 0. The zero-order chi connectivity index (χ0) is 12.0. The number of allylic oxidation sites excluding steroid dienone is 3. The van der Waals surface area contributed by atoms with Crippen LogP contribution >= 0.6 is 0 Å². The van der Waals surface area contributed by atoms with Crippen LogP contribution in [0.15, 0.2) is 36.0 Å². The minimum atomic E-state index is 0.0855. The highest BCUT2D eigenvalue weighted by Crippen LogP contribution is 2.07. The summed E-state index contributed by atoms with van der Waals surface area (Å²) in [6, 6.07) is 0. The van der Waals surface area contributed by atoms with Crippen molar-refractivity contribution >= 4 is 0 Å². The molecule has 1 N–H and O–H groups in total. The van der Waals surface area contributed by atoms with Crippen LogP contribution in [0.4, 0.5) is 0 Å². The van der Waals surface area contributed by atoms with Crippen molar-refractivity contribution in [3.05, 3.63) is 36.0 Å². The van der Waals surface area contributed by atoms with E-state index in [1.165, 1.54) is 0 Å². The molecule has 84 valence electrons. The fourth-order valence-corrected chi connectivity index (χ4v) is 0.637. The van der Waals surface area contributed by atoms with E-state index in [0.29, 0.717) is 0 Å². The zero-order valence-electron chi connectivity index (χ0n) is 10.6. The summed E-state index contributed by atoms with van der Waals surface area (Å²) < 4.78 is 0. The third-order valence-corrected chi connectivity index (χ3v) is 1.43. The smallest absolute Gasteiger partial charge is 0.0684 e. The first-order chi connectivity index (χ1) is 6.76. The summed E-state index contributed by atoms with van der Waals surface area (Å²) in [5.41, 5.74) is 2.03. The number of aliphatic hydroxyl groups is 1. The lowest BCUT2D eigenvalue weighted by atomic mass is 10.1. The molecule has 0 spiro atoms. The molecule has 0 radical (unpaired) electrons. The van der Waals surface area contributed by atoms with Crippen molar-refractivity contribution in [2.75, 3.05) is 6.61 Å². The van der Waals surface area contributed by atoms with Crippen LogP contribution in [-0.2, 0) is 0 Å². The molecule has 0 saturated carbocycles. The Morgan fingerprint density at radius 1 is 1.21 bits per heavy atom. The topological polar surface area (TPSA) is 20.2 Å². The van der Waals surface area contributed by atoms with Gasteiger partial charge in [0.2, 0.25) is 0 Å². The van der Waals surface area contributed by atoms with Gasteiger partial charge < -0.3 is 5.11 Å². The van der Waals surface area contributed by atoms with E-state index in [9.17, 15) is 0 Å². The van der Waals surface area contributed by atoms with Gasteiger partial charge in [0, 0.05) is 0 Å². The summed E-state index contributed by atoms with van der Waals surface area (Å²) in [6.07, 6.45) is 5.46. The number of rotatable bonds is 3. The van der Waals surface area contributed by atoms with Gasteiger partial charge in [0.1, 0.15) is 0 Å². The summed E-state index contributed by atoms with van der Waals surface area (Å²) >= 11 is 0. The van der Waals surface area contributed by atoms with Gasteiger partial charge in [0.25, 0.3) is 0 Å². The Balaban J connectivity index is -0.000000266. The lowest BCUT2D eigenvalue weighted by molar-refractivity contribution is 0.333. The van der Waals surface area contributed by atoms with Gasteiger partial charge in [-0.2, -0.15) is 0 Å². The maximum absolute atomic E-state index is 8.80. The van der Waals surface area contributed by atoms with E-state index in [4.69, 9.17) is 5.11 Å². The monoisotopic (exact) mass is 198 g/mol. The van der Waals surface area contributed by atoms with Crippen molar-refractivity contribution in [3.8, 4) is 0 Å². The molecule has 0 amide bonds. The SMILES string of the molecule is C=C/C=C(CO)\C(C)=C/C.CC.CC. The van der Waals surface area contributed by atoms with Gasteiger partial charge in [0.15, 0.2) is 0 Å². The minimum Gasteiger partial charge on any atom is -0.392 e. The Kier molecular flexibility index (Phi) is 24.3. The summed E-state index contributed by atoms with van der Waals surface area (Å²) in [5.74, 6) is 0. The molecule has 1 nitrogen and oxygen atoms in total. The molecule has 1 heteroatoms. The first kappa shape index (κ1) is 18.9. The normalized spacial score (nSPS) is 10.5. The van der Waals surface area contributed by atoms with Gasteiger partial charge in [-0.25, -0.2) is 0 Å². The fraction of sp³-hybridized carbons (Fsp3) is 0.538. The summed E-state index contributed by atoms with van der Waals surface area (Å²) in [5, 5.41) is 8.80. The van der Waals surface area contributed by atoms with E-state index >= 15 is 0 Å². The molecule has 0 aromatic heterocycles. The van der Waals surface area contributed by atoms with E-state index in [0.717, 1.165) is 11.1 Å². The van der Waals surface area contributed by atoms with E-state index in [1.807, 2.05) is 53.7 Å². The van der Waals surface area contributed by atoms with Gasteiger partial charge >= 0.3 is 0 Å². The molecule has 0 atom stereocenters. The van der Waals surface area contributed by atoms with Crippen LogP contribution in [-0.4, -0.2) is 11.7 Å². The Morgan fingerprint density at radius 2 is 1.64 bits per heavy atom. The van der Waals surface area contributed by atoms with Crippen LogP contribution < -0.4 is 0 Å². The van der Waals surface area contributed by atoms with Crippen molar-refractivity contribution in [3.63, 3.8) is 0 Å². The largest absolute Gasteiger partial charge is 0.392 e. The Morgan fingerprint density at radius 3 is 1.86 bits per heavy atom. The molecule has 0 heterocycles. The fourth-order valence-electron chi connectivity index (χ4n) is 0.637. The van der Waals surface area contributed by atoms with E-state index in [-0.39, 0.29) is 6.61 Å². The highest BCUT2D eigenvalue weighted by atomic mass is 16.3. The molecular weight excluding hydrogens is 172 g/mol. The second-order valence-electron chi connectivity index (χ2n) is 2.06. The van der Waals surface area contributed by atoms with Crippen molar-refractivity contribution in [2.45, 2.75) is 41.5 Å². The third kappa shape index (κ3) is 11.2. The van der Waals surface area contributed by atoms with Crippen LogP contribution in [0, 0.1) is 0 Å². The third-order valence-electron chi connectivity index (χ3n) is 1.43. The quantitative estimate of drug-likeness (QED) is 0.677. The average Bonchev–Trinajstić information content (AvgIpc) is 2.30. The second kappa shape index (κ2) is 18.1. The minimum absolute atomic E-state index is 0.0855. The van der Waals surface area contributed by atoms with Gasteiger partial charge in [0.05, 0.1) is 6.61 Å². The molecule has 0 rings (SSSR count). The Hall–Kier alpha value is -0.820. The maximum atomic E-state index is 8.80. The van der Waals surface area contributed by atoms with Gasteiger partial charge in [-0.05, 0) is 25.0 Å². The highest BCUT2D eigenvalue weighted by molar-refractivity contribution is 5.31. The summed E-state index contributed by atoms with van der Waals surface area (Å²) in [7, 11) is 0. The number of aliphatic hydroxyl groups excluding tert-OH is 1. The first-order valence-electron chi connectivity index (χ1n) is 5.32. The molecule has 0 bridgehead atoms. The molecule has 0 aliphatic heterocycles. The zero-order valence-corrected chi connectivity index (χ0v) is 10.6. The van der Waals surface area contributed by atoms with E-state index in [2.05, 4.69) is 6.58 Å². The average molecular weight is 198 g/mol. The van der Waals surface area contributed by atoms with E-state index < -0.39 is 0 Å². The lowest BCUT2D eigenvalue weighted by Crippen LogP contribution is -1.90. The number of hydrogen-bond acceptors (Lipinski definition) is 1. The van der Waals surface area contributed by atoms with Crippen LogP contribution in [0.2, 0.25) is 0 Å². The maximum Gasteiger partial charge on any atom is 0.0684 e. The Bertz CT molecular complexity index is 164. The molecule has 0 aromatic carbocycles. The summed E-state index contributed by atoms with van der Waals surface area (Å²) in [6.45, 7) is 15.5. The Labute approximate surface area is 89.9 Å². The first-order valence-corrected chi connectivity index (χ1v) is 5.32. The predicted molar refractivity (Wildman–Crippen MR) is 67.5 cm³/mol. The van der Waals surface area contributed by atoms with Crippen LogP contribution in [0.25, 0.3) is 0 Å². The molecule has 0 fully saturated rings. The highest BCUT2D eigenvalue weighted by Gasteiger charge is 1.93.